The third-order valence-corrected chi connectivity index (χ3v) is 4.27. The highest BCUT2D eigenvalue weighted by molar-refractivity contribution is 5.47. The van der Waals surface area contributed by atoms with Crippen molar-refractivity contribution in [1.29, 1.82) is 0 Å². The standard InChI is InChI=1S/C18H31NO/c1-12(2)10-19-11-14(4)15(5)17-9-8-13(3)16(6)18(17)20-7/h8-9,12,14-15,19H,10-11H2,1-7H3. The molecule has 0 aromatic heterocycles. The largest absolute Gasteiger partial charge is 0.496 e. The molecule has 0 heterocycles. The number of benzene rings is 1. The Balaban J connectivity index is 2.81. The Bertz CT molecular complexity index is 426. The molecule has 2 atom stereocenters. The summed E-state index contributed by atoms with van der Waals surface area (Å²) >= 11 is 0. The number of methoxy groups -OCH3 is 1. The van der Waals surface area contributed by atoms with Crippen LogP contribution in [-0.2, 0) is 0 Å². The lowest BCUT2D eigenvalue weighted by Gasteiger charge is -2.24. The minimum Gasteiger partial charge on any atom is -0.496 e. The summed E-state index contributed by atoms with van der Waals surface area (Å²) in [5, 5.41) is 3.56. The lowest BCUT2D eigenvalue weighted by atomic mass is 9.86. The normalized spacial score (nSPS) is 14.4. The summed E-state index contributed by atoms with van der Waals surface area (Å²) in [6.07, 6.45) is 0. The molecule has 0 fully saturated rings. The molecule has 0 saturated heterocycles. The van der Waals surface area contributed by atoms with E-state index in [1.807, 2.05) is 0 Å². The molecule has 2 nitrogen and oxygen atoms in total. The third kappa shape index (κ3) is 4.24. The van der Waals surface area contributed by atoms with Crippen LogP contribution >= 0.6 is 0 Å². The highest BCUT2D eigenvalue weighted by atomic mass is 16.5. The average Bonchev–Trinajstić information content (AvgIpc) is 2.40. The molecule has 1 rings (SSSR count). The zero-order valence-corrected chi connectivity index (χ0v) is 14.2. The molecule has 114 valence electrons. The predicted octanol–water partition coefficient (Wildman–Crippen LogP) is 4.30. The topological polar surface area (TPSA) is 21.3 Å². The van der Waals surface area contributed by atoms with Crippen molar-refractivity contribution >= 4 is 0 Å². The minimum atomic E-state index is 0.490. The smallest absolute Gasteiger partial charge is 0.125 e. The van der Waals surface area contributed by atoms with Crippen LogP contribution in [0.3, 0.4) is 0 Å². The summed E-state index contributed by atoms with van der Waals surface area (Å²) in [6, 6.07) is 4.43. The van der Waals surface area contributed by atoms with Gasteiger partial charge < -0.3 is 10.1 Å². The van der Waals surface area contributed by atoms with Gasteiger partial charge in [0.25, 0.3) is 0 Å². The zero-order chi connectivity index (χ0) is 15.3. The monoisotopic (exact) mass is 277 g/mol. The first-order chi connectivity index (χ1) is 9.38. The van der Waals surface area contributed by atoms with Crippen molar-refractivity contribution in [2.45, 2.75) is 47.5 Å². The van der Waals surface area contributed by atoms with Crippen molar-refractivity contribution in [3.05, 3.63) is 28.8 Å². The van der Waals surface area contributed by atoms with E-state index < -0.39 is 0 Å². The fourth-order valence-electron chi connectivity index (χ4n) is 2.52. The van der Waals surface area contributed by atoms with Gasteiger partial charge in [-0.05, 0) is 61.4 Å². The first-order valence-electron chi connectivity index (χ1n) is 7.73. The Labute approximate surface area is 124 Å². The number of hydrogen-bond acceptors (Lipinski definition) is 2. The van der Waals surface area contributed by atoms with Crippen molar-refractivity contribution in [2.75, 3.05) is 20.2 Å². The second-order valence-electron chi connectivity index (χ2n) is 6.45. The highest BCUT2D eigenvalue weighted by Gasteiger charge is 2.19. The van der Waals surface area contributed by atoms with Crippen molar-refractivity contribution < 1.29 is 4.74 Å². The molecule has 1 aromatic rings. The fraction of sp³-hybridized carbons (Fsp3) is 0.667. The molecule has 0 aliphatic heterocycles. The van der Waals surface area contributed by atoms with E-state index in [9.17, 15) is 0 Å². The van der Waals surface area contributed by atoms with Gasteiger partial charge >= 0.3 is 0 Å². The SMILES string of the molecule is COc1c(C(C)C(C)CNCC(C)C)ccc(C)c1C. The maximum Gasteiger partial charge on any atom is 0.125 e. The molecule has 0 radical (unpaired) electrons. The van der Waals surface area contributed by atoms with E-state index in [0.717, 1.165) is 18.8 Å². The van der Waals surface area contributed by atoms with Gasteiger partial charge in [0.1, 0.15) is 5.75 Å². The first-order valence-corrected chi connectivity index (χ1v) is 7.73. The fourth-order valence-corrected chi connectivity index (χ4v) is 2.52. The Morgan fingerprint density at radius 2 is 1.70 bits per heavy atom. The van der Waals surface area contributed by atoms with Gasteiger partial charge in [-0.3, -0.25) is 0 Å². The van der Waals surface area contributed by atoms with Gasteiger partial charge in [0, 0.05) is 0 Å². The Hall–Kier alpha value is -1.02. The van der Waals surface area contributed by atoms with Crippen LogP contribution in [-0.4, -0.2) is 20.2 Å². The molecule has 2 unspecified atom stereocenters. The highest BCUT2D eigenvalue weighted by Crippen LogP contribution is 2.35. The van der Waals surface area contributed by atoms with E-state index in [-0.39, 0.29) is 0 Å². The van der Waals surface area contributed by atoms with Gasteiger partial charge in [0.15, 0.2) is 0 Å². The van der Waals surface area contributed by atoms with Gasteiger partial charge in [-0.25, -0.2) is 0 Å². The molecule has 0 spiro atoms. The number of hydrogen-bond donors (Lipinski definition) is 1. The lowest BCUT2D eigenvalue weighted by molar-refractivity contribution is 0.383. The minimum absolute atomic E-state index is 0.490. The summed E-state index contributed by atoms with van der Waals surface area (Å²) in [5.41, 5.74) is 3.89. The van der Waals surface area contributed by atoms with Gasteiger partial charge in [0.2, 0.25) is 0 Å². The predicted molar refractivity (Wildman–Crippen MR) is 87.8 cm³/mol. The number of rotatable bonds is 7. The van der Waals surface area contributed by atoms with Crippen LogP contribution in [0.25, 0.3) is 0 Å². The van der Waals surface area contributed by atoms with E-state index in [0.29, 0.717) is 17.8 Å². The molecule has 0 amide bonds. The van der Waals surface area contributed by atoms with Gasteiger partial charge in [-0.2, -0.15) is 0 Å². The molecule has 0 aliphatic rings. The zero-order valence-electron chi connectivity index (χ0n) is 14.2. The lowest BCUT2D eigenvalue weighted by Crippen LogP contribution is -2.27. The van der Waals surface area contributed by atoms with Crippen molar-refractivity contribution in [3.63, 3.8) is 0 Å². The average molecular weight is 277 g/mol. The Morgan fingerprint density at radius 1 is 1.05 bits per heavy atom. The van der Waals surface area contributed by atoms with Gasteiger partial charge in [-0.1, -0.05) is 39.8 Å². The quantitative estimate of drug-likeness (QED) is 0.802. The van der Waals surface area contributed by atoms with E-state index in [1.54, 1.807) is 7.11 Å². The second-order valence-corrected chi connectivity index (χ2v) is 6.45. The maximum atomic E-state index is 5.65. The number of aryl methyl sites for hydroxylation is 1. The van der Waals surface area contributed by atoms with Crippen LogP contribution in [0.15, 0.2) is 12.1 Å². The van der Waals surface area contributed by atoms with Crippen molar-refractivity contribution in [2.24, 2.45) is 11.8 Å². The molecular formula is C18H31NO. The van der Waals surface area contributed by atoms with Crippen LogP contribution < -0.4 is 10.1 Å². The summed E-state index contributed by atoms with van der Waals surface area (Å²) in [6.45, 7) is 15.5. The molecule has 2 heteroatoms. The molecule has 1 N–H and O–H groups in total. The first kappa shape index (κ1) is 17.0. The summed E-state index contributed by atoms with van der Waals surface area (Å²) in [4.78, 5) is 0. The van der Waals surface area contributed by atoms with Crippen molar-refractivity contribution in [1.82, 2.24) is 5.32 Å². The number of nitrogens with one attached hydrogen (secondary N) is 1. The Morgan fingerprint density at radius 3 is 2.25 bits per heavy atom. The van der Waals surface area contributed by atoms with E-state index >= 15 is 0 Å². The maximum absolute atomic E-state index is 5.65. The van der Waals surface area contributed by atoms with Crippen molar-refractivity contribution in [3.8, 4) is 5.75 Å². The molecule has 0 aliphatic carbocycles. The molecule has 20 heavy (non-hydrogen) atoms. The molecule has 0 bridgehead atoms. The summed E-state index contributed by atoms with van der Waals surface area (Å²) in [7, 11) is 1.78. The van der Waals surface area contributed by atoms with Crippen LogP contribution in [0.4, 0.5) is 0 Å². The summed E-state index contributed by atoms with van der Waals surface area (Å²) in [5.74, 6) is 2.84. The molecular weight excluding hydrogens is 246 g/mol. The van der Waals surface area contributed by atoms with Gasteiger partial charge in [-0.15, -0.1) is 0 Å². The van der Waals surface area contributed by atoms with Crippen LogP contribution in [0.2, 0.25) is 0 Å². The Kier molecular flexibility index (Phi) is 6.54. The number of ether oxygens (including phenoxy) is 1. The van der Waals surface area contributed by atoms with Crippen LogP contribution in [0.1, 0.15) is 50.3 Å². The van der Waals surface area contributed by atoms with E-state index in [1.165, 1.54) is 16.7 Å². The van der Waals surface area contributed by atoms with Crippen LogP contribution in [0.5, 0.6) is 5.75 Å². The molecule has 0 saturated carbocycles. The summed E-state index contributed by atoms with van der Waals surface area (Å²) < 4.78 is 5.65. The molecule has 1 aromatic carbocycles. The van der Waals surface area contributed by atoms with E-state index in [4.69, 9.17) is 4.74 Å². The third-order valence-electron chi connectivity index (χ3n) is 4.27. The van der Waals surface area contributed by atoms with E-state index in [2.05, 4.69) is 59.0 Å². The van der Waals surface area contributed by atoms with Crippen LogP contribution in [0, 0.1) is 25.7 Å². The second kappa shape index (κ2) is 7.68. The van der Waals surface area contributed by atoms with Gasteiger partial charge in [0.05, 0.1) is 7.11 Å².